The average molecular weight is 247 g/mol. The van der Waals surface area contributed by atoms with Crippen LogP contribution in [0.15, 0.2) is 18.2 Å². The number of terminal acetylenes is 1. The van der Waals surface area contributed by atoms with Gasteiger partial charge in [0.2, 0.25) is 0 Å². The van der Waals surface area contributed by atoms with E-state index >= 15 is 0 Å². The normalized spacial score (nSPS) is 11.2. The Hall–Kier alpha value is -2.15. The number of amides is 1. The standard InChI is InChI=1S/C14H17NO3/c1-5-6-10(2)15-14(16)11-7-12(17-3)9-13(8-11)18-4/h1,7-10H,6H2,2-4H3,(H,15,16). The van der Waals surface area contributed by atoms with Crippen LogP contribution in [0.4, 0.5) is 0 Å². The summed E-state index contributed by atoms with van der Waals surface area (Å²) >= 11 is 0. The number of benzene rings is 1. The van der Waals surface area contributed by atoms with Gasteiger partial charge in [-0.05, 0) is 19.1 Å². The van der Waals surface area contributed by atoms with E-state index in [-0.39, 0.29) is 11.9 Å². The van der Waals surface area contributed by atoms with E-state index in [0.717, 1.165) is 0 Å². The lowest BCUT2D eigenvalue weighted by Crippen LogP contribution is -2.32. The van der Waals surface area contributed by atoms with E-state index < -0.39 is 0 Å². The first-order chi connectivity index (χ1) is 8.60. The van der Waals surface area contributed by atoms with Crippen LogP contribution in [0.2, 0.25) is 0 Å². The number of hydrogen-bond acceptors (Lipinski definition) is 3. The molecule has 0 saturated heterocycles. The zero-order valence-electron chi connectivity index (χ0n) is 10.8. The van der Waals surface area contributed by atoms with Crippen molar-refractivity contribution in [2.75, 3.05) is 14.2 Å². The first kappa shape index (κ1) is 13.9. The van der Waals surface area contributed by atoms with Crippen molar-refractivity contribution in [1.29, 1.82) is 0 Å². The summed E-state index contributed by atoms with van der Waals surface area (Å²) in [6.45, 7) is 1.86. The minimum atomic E-state index is -0.199. The average Bonchev–Trinajstić information content (AvgIpc) is 2.38. The number of hydrogen-bond donors (Lipinski definition) is 1. The lowest BCUT2D eigenvalue weighted by molar-refractivity contribution is 0.0940. The zero-order chi connectivity index (χ0) is 13.5. The molecule has 0 heterocycles. The molecule has 0 aliphatic rings. The Morgan fingerprint density at radius 2 is 1.89 bits per heavy atom. The monoisotopic (exact) mass is 247 g/mol. The Balaban J connectivity index is 2.88. The number of nitrogens with one attached hydrogen (secondary N) is 1. The van der Waals surface area contributed by atoms with Crippen molar-refractivity contribution in [1.82, 2.24) is 5.32 Å². The molecule has 0 aliphatic carbocycles. The Bertz CT molecular complexity index is 440. The molecule has 4 nitrogen and oxygen atoms in total. The van der Waals surface area contributed by atoms with Gasteiger partial charge in [0.25, 0.3) is 5.91 Å². The zero-order valence-corrected chi connectivity index (χ0v) is 10.8. The summed E-state index contributed by atoms with van der Waals surface area (Å²) in [6, 6.07) is 4.95. The second kappa shape index (κ2) is 6.55. The maximum atomic E-state index is 12.0. The summed E-state index contributed by atoms with van der Waals surface area (Å²) in [5.41, 5.74) is 0.482. The van der Waals surface area contributed by atoms with Gasteiger partial charge in [0, 0.05) is 24.1 Å². The highest BCUT2D eigenvalue weighted by molar-refractivity contribution is 5.95. The van der Waals surface area contributed by atoms with Crippen LogP contribution in [-0.2, 0) is 0 Å². The first-order valence-electron chi connectivity index (χ1n) is 5.58. The van der Waals surface area contributed by atoms with Gasteiger partial charge < -0.3 is 14.8 Å². The molecular weight excluding hydrogens is 230 g/mol. The van der Waals surface area contributed by atoms with Gasteiger partial charge in [-0.25, -0.2) is 0 Å². The molecule has 0 fully saturated rings. The smallest absolute Gasteiger partial charge is 0.251 e. The molecule has 1 N–H and O–H groups in total. The van der Waals surface area contributed by atoms with Gasteiger partial charge in [-0.2, -0.15) is 0 Å². The molecular formula is C14H17NO3. The molecule has 0 saturated carbocycles. The molecule has 18 heavy (non-hydrogen) atoms. The third-order valence-corrected chi connectivity index (χ3v) is 2.42. The van der Waals surface area contributed by atoms with Gasteiger partial charge in [-0.15, -0.1) is 12.3 Å². The number of carbonyl (C=O) groups is 1. The molecule has 0 spiro atoms. The van der Waals surface area contributed by atoms with Crippen LogP contribution in [0.25, 0.3) is 0 Å². The lowest BCUT2D eigenvalue weighted by Gasteiger charge is -2.12. The van der Waals surface area contributed by atoms with Gasteiger partial charge >= 0.3 is 0 Å². The fourth-order valence-corrected chi connectivity index (χ4v) is 1.47. The molecule has 1 unspecified atom stereocenters. The van der Waals surface area contributed by atoms with Crippen molar-refractivity contribution in [3.8, 4) is 23.8 Å². The summed E-state index contributed by atoms with van der Waals surface area (Å²) in [7, 11) is 3.08. The molecule has 0 radical (unpaired) electrons. The summed E-state index contributed by atoms with van der Waals surface area (Å²) in [4.78, 5) is 12.0. The van der Waals surface area contributed by atoms with Crippen molar-refractivity contribution in [2.24, 2.45) is 0 Å². The third-order valence-electron chi connectivity index (χ3n) is 2.42. The van der Waals surface area contributed by atoms with Crippen LogP contribution in [0.1, 0.15) is 23.7 Å². The van der Waals surface area contributed by atoms with E-state index in [1.807, 2.05) is 6.92 Å². The Morgan fingerprint density at radius 1 is 1.33 bits per heavy atom. The molecule has 96 valence electrons. The molecule has 1 aromatic carbocycles. The van der Waals surface area contributed by atoms with E-state index in [2.05, 4.69) is 11.2 Å². The number of rotatable bonds is 5. The van der Waals surface area contributed by atoms with E-state index in [4.69, 9.17) is 15.9 Å². The van der Waals surface area contributed by atoms with Crippen LogP contribution in [-0.4, -0.2) is 26.2 Å². The van der Waals surface area contributed by atoms with Crippen molar-refractivity contribution < 1.29 is 14.3 Å². The summed E-state index contributed by atoms with van der Waals surface area (Å²) in [5, 5.41) is 2.81. The van der Waals surface area contributed by atoms with Gasteiger partial charge in [0.1, 0.15) is 11.5 Å². The fourth-order valence-electron chi connectivity index (χ4n) is 1.47. The van der Waals surface area contributed by atoms with Crippen LogP contribution < -0.4 is 14.8 Å². The third kappa shape index (κ3) is 3.70. The van der Waals surface area contributed by atoms with Crippen molar-refractivity contribution in [3.05, 3.63) is 23.8 Å². The largest absolute Gasteiger partial charge is 0.497 e. The molecule has 1 amide bonds. The Labute approximate surface area is 107 Å². The SMILES string of the molecule is C#CCC(C)NC(=O)c1cc(OC)cc(OC)c1. The quantitative estimate of drug-likeness (QED) is 0.808. The molecule has 1 aromatic rings. The highest BCUT2D eigenvalue weighted by Gasteiger charge is 2.11. The summed E-state index contributed by atoms with van der Waals surface area (Å²) < 4.78 is 10.2. The lowest BCUT2D eigenvalue weighted by atomic mass is 10.1. The fraction of sp³-hybridized carbons (Fsp3) is 0.357. The molecule has 4 heteroatoms. The molecule has 1 rings (SSSR count). The van der Waals surface area contributed by atoms with Crippen molar-refractivity contribution in [2.45, 2.75) is 19.4 Å². The van der Waals surface area contributed by atoms with E-state index in [1.165, 1.54) is 14.2 Å². The Kier molecular flexibility index (Phi) is 5.06. The number of carbonyl (C=O) groups excluding carboxylic acids is 1. The van der Waals surface area contributed by atoms with Crippen LogP contribution in [0.3, 0.4) is 0 Å². The predicted molar refractivity (Wildman–Crippen MR) is 69.9 cm³/mol. The maximum Gasteiger partial charge on any atom is 0.251 e. The second-order valence-electron chi connectivity index (χ2n) is 3.88. The number of ether oxygens (including phenoxy) is 2. The Morgan fingerprint density at radius 3 is 2.33 bits per heavy atom. The van der Waals surface area contributed by atoms with Crippen molar-refractivity contribution in [3.63, 3.8) is 0 Å². The van der Waals surface area contributed by atoms with E-state index in [0.29, 0.717) is 23.5 Å². The maximum absolute atomic E-state index is 12.0. The van der Waals surface area contributed by atoms with Gasteiger partial charge in [0.05, 0.1) is 14.2 Å². The topological polar surface area (TPSA) is 47.6 Å². The highest BCUT2D eigenvalue weighted by Crippen LogP contribution is 2.22. The first-order valence-corrected chi connectivity index (χ1v) is 5.58. The minimum absolute atomic E-state index is 0.0697. The predicted octanol–water partition coefficient (Wildman–Crippen LogP) is 1.85. The number of methoxy groups -OCH3 is 2. The van der Waals surface area contributed by atoms with Crippen LogP contribution >= 0.6 is 0 Å². The summed E-state index contributed by atoms with van der Waals surface area (Å²) in [5.74, 6) is 3.45. The molecule has 0 aliphatic heterocycles. The van der Waals surface area contributed by atoms with E-state index in [9.17, 15) is 4.79 Å². The molecule has 1 atom stereocenters. The molecule has 0 bridgehead atoms. The molecule has 0 aromatic heterocycles. The summed E-state index contributed by atoms with van der Waals surface area (Å²) in [6.07, 6.45) is 5.69. The van der Waals surface area contributed by atoms with Gasteiger partial charge in [-0.1, -0.05) is 0 Å². The van der Waals surface area contributed by atoms with Gasteiger partial charge in [-0.3, -0.25) is 4.79 Å². The second-order valence-corrected chi connectivity index (χ2v) is 3.88. The van der Waals surface area contributed by atoms with E-state index in [1.54, 1.807) is 18.2 Å². The van der Waals surface area contributed by atoms with Crippen molar-refractivity contribution >= 4 is 5.91 Å². The highest BCUT2D eigenvalue weighted by atomic mass is 16.5. The van der Waals surface area contributed by atoms with Crippen LogP contribution in [0.5, 0.6) is 11.5 Å². The van der Waals surface area contributed by atoms with Gasteiger partial charge in [0.15, 0.2) is 0 Å². The van der Waals surface area contributed by atoms with Crippen LogP contribution in [0, 0.1) is 12.3 Å². The minimum Gasteiger partial charge on any atom is -0.497 e.